The van der Waals surface area contributed by atoms with Crippen molar-refractivity contribution in [3.05, 3.63) is 11.7 Å². The first kappa shape index (κ1) is 9.19. The van der Waals surface area contributed by atoms with Crippen molar-refractivity contribution >= 4 is 0 Å². The van der Waals surface area contributed by atoms with Crippen LogP contribution in [0.1, 0.15) is 38.4 Å². The second-order valence-corrected chi connectivity index (χ2v) is 2.84. The summed E-state index contributed by atoms with van der Waals surface area (Å²) in [4.78, 5) is 4.14. The Hall–Kier alpha value is -0.900. The van der Waals surface area contributed by atoms with Gasteiger partial charge in [0.2, 0.25) is 0 Å². The summed E-state index contributed by atoms with van der Waals surface area (Å²) in [6.45, 7) is 7.06. The second-order valence-electron chi connectivity index (χ2n) is 2.84. The highest BCUT2D eigenvalue weighted by molar-refractivity contribution is 4.90. The molecule has 0 bridgehead atoms. The number of rotatable bonds is 4. The summed E-state index contributed by atoms with van der Waals surface area (Å²) < 4.78 is 10.1. The lowest BCUT2D eigenvalue weighted by Crippen LogP contribution is -1.93. The highest BCUT2D eigenvalue weighted by Gasteiger charge is 2.08. The van der Waals surface area contributed by atoms with E-state index in [0.29, 0.717) is 25.0 Å². The van der Waals surface area contributed by atoms with Crippen LogP contribution in [0.25, 0.3) is 0 Å². The molecule has 0 radical (unpaired) electrons. The molecule has 0 N–H and O–H groups in total. The molecular formula is C8H14N2O2. The molecular weight excluding hydrogens is 156 g/mol. The van der Waals surface area contributed by atoms with Gasteiger partial charge in [-0.1, -0.05) is 19.0 Å². The van der Waals surface area contributed by atoms with Crippen LogP contribution in [0.5, 0.6) is 0 Å². The molecule has 0 aliphatic rings. The Kier molecular flexibility index (Phi) is 3.22. The Morgan fingerprint density at radius 3 is 2.75 bits per heavy atom. The van der Waals surface area contributed by atoms with Gasteiger partial charge in [-0.05, 0) is 6.92 Å². The first-order valence-corrected chi connectivity index (χ1v) is 4.14. The van der Waals surface area contributed by atoms with Crippen LogP contribution in [0.4, 0.5) is 0 Å². The molecule has 1 aromatic rings. The third kappa shape index (κ3) is 2.30. The Bertz CT molecular complexity index is 233. The van der Waals surface area contributed by atoms with Crippen molar-refractivity contribution in [1.29, 1.82) is 0 Å². The maximum atomic E-state index is 5.12. The zero-order valence-electron chi connectivity index (χ0n) is 7.70. The van der Waals surface area contributed by atoms with Crippen molar-refractivity contribution in [3.8, 4) is 0 Å². The van der Waals surface area contributed by atoms with Crippen molar-refractivity contribution < 1.29 is 9.26 Å². The van der Waals surface area contributed by atoms with Gasteiger partial charge in [0.15, 0.2) is 5.82 Å². The third-order valence-electron chi connectivity index (χ3n) is 1.43. The van der Waals surface area contributed by atoms with Crippen LogP contribution in [0.15, 0.2) is 4.52 Å². The van der Waals surface area contributed by atoms with Gasteiger partial charge in [0.25, 0.3) is 5.89 Å². The van der Waals surface area contributed by atoms with Gasteiger partial charge in [0, 0.05) is 12.5 Å². The maximum Gasteiger partial charge on any atom is 0.252 e. The zero-order valence-corrected chi connectivity index (χ0v) is 7.70. The van der Waals surface area contributed by atoms with Gasteiger partial charge in [-0.3, -0.25) is 0 Å². The van der Waals surface area contributed by atoms with Crippen LogP contribution < -0.4 is 0 Å². The topological polar surface area (TPSA) is 48.2 Å². The van der Waals surface area contributed by atoms with Gasteiger partial charge >= 0.3 is 0 Å². The van der Waals surface area contributed by atoms with Crippen LogP contribution in [0.2, 0.25) is 0 Å². The van der Waals surface area contributed by atoms with Crippen LogP contribution in [-0.2, 0) is 11.3 Å². The fraction of sp³-hybridized carbons (Fsp3) is 0.750. The number of ether oxygens (including phenoxy) is 1. The normalized spacial score (nSPS) is 11.0. The Balaban J connectivity index is 2.52. The molecule has 0 saturated carbocycles. The third-order valence-corrected chi connectivity index (χ3v) is 1.43. The summed E-state index contributed by atoms with van der Waals surface area (Å²) in [7, 11) is 0. The molecule has 12 heavy (non-hydrogen) atoms. The number of hydrogen-bond donors (Lipinski definition) is 0. The minimum Gasteiger partial charge on any atom is -0.372 e. The van der Waals surface area contributed by atoms with Crippen LogP contribution >= 0.6 is 0 Å². The van der Waals surface area contributed by atoms with E-state index in [2.05, 4.69) is 10.1 Å². The molecule has 4 nitrogen and oxygen atoms in total. The second kappa shape index (κ2) is 4.21. The molecule has 0 unspecified atom stereocenters. The lowest BCUT2D eigenvalue weighted by atomic mass is 10.2. The molecule has 0 aromatic carbocycles. The Morgan fingerprint density at radius 2 is 2.25 bits per heavy atom. The molecule has 68 valence electrons. The van der Waals surface area contributed by atoms with E-state index < -0.39 is 0 Å². The van der Waals surface area contributed by atoms with E-state index in [0.717, 1.165) is 5.82 Å². The van der Waals surface area contributed by atoms with Crippen LogP contribution in [-0.4, -0.2) is 16.7 Å². The van der Waals surface area contributed by atoms with Gasteiger partial charge in [0.1, 0.15) is 6.61 Å². The smallest absolute Gasteiger partial charge is 0.252 e. The van der Waals surface area contributed by atoms with E-state index in [9.17, 15) is 0 Å². The molecule has 0 amide bonds. The molecule has 0 aliphatic carbocycles. The average molecular weight is 170 g/mol. The maximum absolute atomic E-state index is 5.12. The highest BCUT2D eigenvalue weighted by Crippen LogP contribution is 2.09. The Morgan fingerprint density at radius 1 is 1.50 bits per heavy atom. The first-order valence-electron chi connectivity index (χ1n) is 4.14. The molecule has 0 saturated heterocycles. The van der Waals surface area contributed by atoms with Crippen molar-refractivity contribution in [3.63, 3.8) is 0 Å². The fourth-order valence-corrected chi connectivity index (χ4v) is 0.751. The first-order chi connectivity index (χ1) is 5.74. The quantitative estimate of drug-likeness (QED) is 0.690. The van der Waals surface area contributed by atoms with Crippen LogP contribution in [0, 0.1) is 0 Å². The van der Waals surface area contributed by atoms with E-state index in [-0.39, 0.29) is 0 Å². The number of hydrogen-bond acceptors (Lipinski definition) is 4. The molecule has 1 rings (SSSR count). The average Bonchev–Trinajstić information content (AvgIpc) is 2.48. The number of nitrogens with zero attached hydrogens (tertiary/aromatic N) is 2. The molecule has 0 fully saturated rings. The van der Waals surface area contributed by atoms with Gasteiger partial charge < -0.3 is 9.26 Å². The van der Waals surface area contributed by atoms with E-state index in [1.807, 2.05) is 20.8 Å². The molecule has 0 spiro atoms. The summed E-state index contributed by atoms with van der Waals surface area (Å²) in [6.07, 6.45) is 0. The van der Waals surface area contributed by atoms with Crippen molar-refractivity contribution in [2.45, 2.75) is 33.3 Å². The van der Waals surface area contributed by atoms with Crippen molar-refractivity contribution in [2.75, 3.05) is 6.61 Å². The number of aromatic nitrogens is 2. The molecule has 1 heterocycles. The zero-order chi connectivity index (χ0) is 8.97. The van der Waals surface area contributed by atoms with Gasteiger partial charge in [-0.15, -0.1) is 0 Å². The lowest BCUT2D eigenvalue weighted by Gasteiger charge is -1.93. The summed E-state index contributed by atoms with van der Waals surface area (Å²) in [5.74, 6) is 1.61. The van der Waals surface area contributed by atoms with E-state index in [4.69, 9.17) is 9.26 Å². The predicted molar refractivity (Wildman–Crippen MR) is 43.7 cm³/mol. The lowest BCUT2D eigenvalue weighted by molar-refractivity contribution is 0.109. The highest BCUT2D eigenvalue weighted by atomic mass is 16.5. The minimum atomic E-state index is 0.309. The standard InChI is InChI=1S/C8H14N2O2/c1-4-11-5-7-9-8(6(2)3)10-12-7/h6H,4-5H2,1-3H3. The molecule has 1 aromatic heterocycles. The summed E-state index contributed by atoms with van der Waals surface area (Å²) >= 11 is 0. The largest absolute Gasteiger partial charge is 0.372 e. The molecule has 0 atom stereocenters. The Labute approximate surface area is 71.9 Å². The van der Waals surface area contributed by atoms with Crippen molar-refractivity contribution in [1.82, 2.24) is 10.1 Å². The van der Waals surface area contributed by atoms with Crippen molar-refractivity contribution in [2.24, 2.45) is 0 Å². The minimum absolute atomic E-state index is 0.309. The fourth-order valence-electron chi connectivity index (χ4n) is 0.751. The van der Waals surface area contributed by atoms with Gasteiger partial charge in [-0.2, -0.15) is 4.98 Å². The molecule has 0 aliphatic heterocycles. The summed E-state index contributed by atoms with van der Waals surface area (Å²) in [5, 5.41) is 3.80. The summed E-state index contributed by atoms with van der Waals surface area (Å²) in [5.41, 5.74) is 0. The summed E-state index contributed by atoms with van der Waals surface area (Å²) in [6, 6.07) is 0. The van der Waals surface area contributed by atoms with E-state index in [1.54, 1.807) is 0 Å². The predicted octanol–water partition coefficient (Wildman–Crippen LogP) is 1.73. The monoisotopic (exact) mass is 170 g/mol. The van der Waals surface area contributed by atoms with Crippen LogP contribution in [0.3, 0.4) is 0 Å². The van der Waals surface area contributed by atoms with Gasteiger partial charge in [0.05, 0.1) is 0 Å². The SMILES string of the molecule is CCOCc1nc(C(C)C)no1. The van der Waals surface area contributed by atoms with Gasteiger partial charge in [-0.25, -0.2) is 0 Å². The van der Waals surface area contributed by atoms with E-state index >= 15 is 0 Å². The van der Waals surface area contributed by atoms with E-state index in [1.165, 1.54) is 0 Å². The molecule has 4 heteroatoms.